The zero-order valence-corrected chi connectivity index (χ0v) is 16.4. The molecule has 1 aliphatic heterocycles. The van der Waals surface area contributed by atoms with Gasteiger partial charge in [-0.2, -0.15) is 0 Å². The summed E-state index contributed by atoms with van der Waals surface area (Å²) in [4.78, 5) is 13.1. The molecule has 5 nitrogen and oxygen atoms in total. The van der Waals surface area contributed by atoms with Gasteiger partial charge in [-0.15, -0.1) is 35.3 Å². The van der Waals surface area contributed by atoms with E-state index in [1.807, 2.05) is 17.6 Å². The number of aromatic nitrogens is 1. The molecule has 1 aromatic carbocycles. The molecule has 24 heavy (non-hydrogen) atoms. The molecule has 1 saturated heterocycles. The van der Waals surface area contributed by atoms with Crippen molar-refractivity contribution in [2.45, 2.75) is 6.42 Å². The lowest BCUT2D eigenvalue weighted by molar-refractivity contribution is 0.380. The van der Waals surface area contributed by atoms with Crippen molar-refractivity contribution < 1.29 is 4.39 Å². The summed E-state index contributed by atoms with van der Waals surface area (Å²) < 4.78 is 13.1. The summed E-state index contributed by atoms with van der Waals surface area (Å²) in [5.74, 6) is 0.359. The Morgan fingerprint density at radius 2 is 2.08 bits per heavy atom. The minimum absolute atomic E-state index is 0. The Bertz CT molecular complexity index is 656. The highest BCUT2D eigenvalue weighted by Gasteiger charge is 2.19. The van der Waals surface area contributed by atoms with Gasteiger partial charge >= 0.3 is 0 Å². The number of halogens is 2. The van der Waals surface area contributed by atoms with Crippen LogP contribution < -0.4 is 10.6 Å². The van der Waals surface area contributed by atoms with Crippen molar-refractivity contribution in [3.63, 3.8) is 0 Å². The average Bonchev–Trinajstić information content (AvgIpc) is 3.09. The van der Waals surface area contributed by atoms with Gasteiger partial charge in [0.1, 0.15) is 5.82 Å². The summed E-state index contributed by atoms with van der Waals surface area (Å²) in [6, 6.07) is 6.61. The van der Waals surface area contributed by atoms with Crippen LogP contribution in [0.3, 0.4) is 0 Å². The number of aliphatic imine (C=N–C) groups is 1. The molecule has 130 valence electrons. The third kappa shape index (κ3) is 5.04. The Morgan fingerprint density at radius 1 is 1.29 bits per heavy atom. The van der Waals surface area contributed by atoms with E-state index in [0.717, 1.165) is 36.9 Å². The first-order valence-electron chi connectivity index (χ1n) is 7.66. The molecule has 0 aliphatic carbocycles. The van der Waals surface area contributed by atoms with Gasteiger partial charge in [-0.25, -0.2) is 9.37 Å². The van der Waals surface area contributed by atoms with E-state index in [0.29, 0.717) is 18.9 Å². The first kappa shape index (κ1) is 18.9. The fourth-order valence-corrected chi connectivity index (χ4v) is 3.29. The van der Waals surface area contributed by atoms with Crippen molar-refractivity contribution in [3.05, 3.63) is 47.2 Å². The van der Waals surface area contributed by atoms with Crippen molar-refractivity contribution in [2.24, 2.45) is 10.7 Å². The van der Waals surface area contributed by atoms with E-state index in [4.69, 9.17) is 5.73 Å². The van der Waals surface area contributed by atoms with Crippen LogP contribution in [-0.4, -0.2) is 48.6 Å². The number of thiazole rings is 1. The molecule has 3 rings (SSSR count). The van der Waals surface area contributed by atoms with Crippen LogP contribution in [0, 0.1) is 5.82 Å². The van der Waals surface area contributed by atoms with E-state index in [1.54, 1.807) is 23.5 Å². The van der Waals surface area contributed by atoms with Crippen molar-refractivity contribution in [1.82, 2.24) is 9.88 Å². The second kappa shape index (κ2) is 9.16. The second-order valence-electron chi connectivity index (χ2n) is 5.41. The monoisotopic (exact) mass is 461 g/mol. The minimum atomic E-state index is -0.210. The topological polar surface area (TPSA) is 57.8 Å². The molecule has 0 radical (unpaired) electrons. The van der Waals surface area contributed by atoms with Gasteiger partial charge in [0, 0.05) is 44.3 Å². The number of hydrogen-bond donors (Lipinski definition) is 1. The molecule has 0 amide bonds. The minimum Gasteiger partial charge on any atom is -0.370 e. The first-order valence-corrected chi connectivity index (χ1v) is 8.54. The number of guanidine groups is 1. The van der Waals surface area contributed by atoms with Gasteiger partial charge in [0.2, 0.25) is 0 Å². The molecule has 0 atom stereocenters. The van der Waals surface area contributed by atoms with Crippen LogP contribution in [-0.2, 0) is 6.42 Å². The Labute approximate surface area is 162 Å². The van der Waals surface area contributed by atoms with Gasteiger partial charge in [0.25, 0.3) is 0 Å². The number of rotatable bonds is 4. The lowest BCUT2D eigenvalue weighted by Gasteiger charge is -2.35. The van der Waals surface area contributed by atoms with Gasteiger partial charge in [-0.05, 0) is 24.1 Å². The molecule has 2 aromatic rings. The highest BCUT2D eigenvalue weighted by Crippen LogP contribution is 2.18. The molecule has 1 aromatic heterocycles. The molecule has 1 aliphatic rings. The molecular formula is C16H21FIN5S. The van der Waals surface area contributed by atoms with Crippen molar-refractivity contribution >= 4 is 46.4 Å². The Morgan fingerprint density at radius 3 is 2.75 bits per heavy atom. The second-order valence-corrected chi connectivity index (χ2v) is 6.28. The van der Waals surface area contributed by atoms with E-state index in [9.17, 15) is 4.39 Å². The summed E-state index contributed by atoms with van der Waals surface area (Å²) >= 11 is 1.66. The van der Waals surface area contributed by atoms with Crippen LogP contribution in [0.4, 0.5) is 9.52 Å². The SMILES string of the molecule is I.NC(=NCCc1cccc(F)c1)N1CCN(c2nccs2)CC1. The number of hydrogen-bond acceptors (Lipinski definition) is 4. The maximum absolute atomic E-state index is 13.1. The molecule has 0 unspecified atom stereocenters. The van der Waals surface area contributed by atoms with E-state index in [-0.39, 0.29) is 29.8 Å². The van der Waals surface area contributed by atoms with E-state index < -0.39 is 0 Å². The molecule has 2 heterocycles. The normalized spacial score (nSPS) is 15.3. The smallest absolute Gasteiger partial charge is 0.191 e. The van der Waals surface area contributed by atoms with Crippen molar-refractivity contribution in [3.8, 4) is 0 Å². The Hall–Kier alpha value is -1.42. The zero-order chi connectivity index (χ0) is 16.1. The number of nitrogens with zero attached hydrogens (tertiary/aromatic N) is 4. The lowest BCUT2D eigenvalue weighted by atomic mass is 10.1. The highest BCUT2D eigenvalue weighted by atomic mass is 127. The molecule has 8 heteroatoms. The Kier molecular flexibility index (Phi) is 7.22. The number of benzene rings is 1. The van der Waals surface area contributed by atoms with E-state index in [1.165, 1.54) is 6.07 Å². The predicted molar refractivity (Wildman–Crippen MR) is 108 cm³/mol. The predicted octanol–water partition coefficient (Wildman–Crippen LogP) is 2.58. The number of anilines is 1. The van der Waals surface area contributed by atoms with E-state index >= 15 is 0 Å². The third-order valence-corrected chi connectivity index (χ3v) is 4.69. The van der Waals surface area contributed by atoms with Crippen LogP contribution >= 0.6 is 35.3 Å². The average molecular weight is 461 g/mol. The summed E-state index contributed by atoms with van der Waals surface area (Å²) in [6.07, 6.45) is 2.52. The van der Waals surface area contributed by atoms with Crippen LogP contribution in [0.5, 0.6) is 0 Å². The fourth-order valence-electron chi connectivity index (χ4n) is 2.59. The van der Waals surface area contributed by atoms with Crippen LogP contribution in [0.1, 0.15) is 5.56 Å². The Balaban J connectivity index is 0.00000208. The maximum Gasteiger partial charge on any atom is 0.191 e. The number of nitrogens with two attached hydrogens (primary N) is 1. The first-order chi connectivity index (χ1) is 11.2. The van der Waals surface area contributed by atoms with Crippen LogP contribution in [0.25, 0.3) is 0 Å². The zero-order valence-electron chi connectivity index (χ0n) is 13.3. The molecule has 2 N–H and O–H groups in total. The van der Waals surface area contributed by atoms with Crippen molar-refractivity contribution in [1.29, 1.82) is 0 Å². The van der Waals surface area contributed by atoms with Crippen LogP contribution in [0.15, 0.2) is 40.8 Å². The van der Waals surface area contributed by atoms with Gasteiger partial charge in [-0.1, -0.05) is 12.1 Å². The van der Waals surface area contributed by atoms with Gasteiger partial charge in [0.05, 0.1) is 0 Å². The molecule has 1 fully saturated rings. The molecule has 0 bridgehead atoms. The quantitative estimate of drug-likeness (QED) is 0.432. The summed E-state index contributed by atoms with van der Waals surface area (Å²) in [5.41, 5.74) is 7.02. The largest absolute Gasteiger partial charge is 0.370 e. The van der Waals surface area contributed by atoms with Crippen LogP contribution in [0.2, 0.25) is 0 Å². The van der Waals surface area contributed by atoms with Gasteiger partial charge in [-0.3, -0.25) is 4.99 Å². The highest BCUT2D eigenvalue weighted by molar-refractivity contribution is 14.0. The molecular weight excluding hydrogens is 440 g/mol. The lowest BCUT2D eigenvalue weighted by Crippen LogP contribution is -2.51. The standard InChI is InChI=1S/C16H20FN5S.HI/c17-14-3-1-2-13(12-14)4-5-19-15(18)21-7-9-22(10-8-21)16-20-6-11-23-16;/h1-3,6,11-12H,4-5,7-10H2,(H2,18,19);1H. The van der Waals surface area contributed by atoms with Gasteiger partial charge in [0.15, 0.2) is 11.1 Å². The molecule has 0 spiro atoms. The third-order valence-electron chi connectivity index (χ3n) is 3.86. The summed E-state index contributed by atoms with van der Waals surface area (Å²) in [6.45, 7) is 4.05. The number of piperazine rings is 1. The maximum atomic E-state index is 13.1. The summed E-state index contributed by atoms with van der Waals surface area (Å²) in [5, 5.41) is 3.05. The fraction of sp³-hybridized carbons (Fsp3) is 0.375. The summed E-state index contributed by atoms with van der Waals surface area (Å²) in [7, 11) is 0. The van der Waals surface area contributed by atoms with Crippen molar-refractivity contribution in [2.75, 3.05) is 37.6 Å². The molecule has 0 saturated carbocycles. The van der Waals surface area contributed by atoms with E-state index in [2.05, 4.69) is 19.8 Å². The van der Waals surface area contributed by atoms with Gasteiger partial charge < -0.3 is 15.5 Å².